The van der Waals surface area contributed by atoms with Crippen molar-refractivity contribution in [3.63, 3.8) is 0 Å². The van der Waals surface area contributed by atoms with Crippen molar-refractivity contribution in [1.29, 1.82) is 0 Å². The van der Waals surface area contributed by atoms with Gasteiger partial charge in [-0.3, -0.25) is 13.6 Å². The summed E-state index contributed by atoms with van der Waals surface area (Å²) in [5.74, 6) is 0. The largest absolute Gasteiger partial charge is 0.474 e. The molecule has 0 spiro atoms. The molecule has 0 amide bonds. The second-order valence-corrected chi connectivity index (χ2v) is 18.3. The lowest BCUT2D eigenvalue weighted by molar-refractivity contribution is 0.116. The van der Waals surface area contributed by atoms with E-state index < -0.39 is 7.82 Å². The van der Waals surface area contributed by atoms with Crippen molar-refractivity contribution in [1.82, 2.24) is 14.7 Å². The fourth-order valence-electron chi connectivity index (χ4n) is 7.74. The Bertz CT molecular complexity index is 759. The fourth-order valence-corrected chi connectivity index (χ4v) is 8.95. The summed E-state index contributed by atoms with van der Waals surface area (Å²) in [7, 11) is -1.11. The maximum atomic E-state index is 12.8. The lowest BCUT2D eigenvalue weighted by Crippen LogP contribution is -2.32. The number of hydrogen-bond donors (Lipinski definition) is 0. The highest BCUT2D eigenvalue weighted by atomic mass is 31.2. The summed E-state index contributed by atoms with van der Waals surface area (Å²) in [5, 5.41) is 0. The predicted molar refractivity (Wildman–Crippen MR) is 243 cm³/mol. The van der Waals surface area contributed by atoms with Crippen LogP contribution in [0.3, 0.4) is 0 Å². The summed E-state index contributed by atoms with van der Waals surface area (Å²) in [6, 6.07) is 0. The molecule has 0 rings (SSSR count). The molecular formula is C47H100N3O4P. The van der Waals surface area contributed by atoms with E-state index in [1.165, 1.54) is 212 Å². The van der Waals surface area contributed by atoms with Crippen LogP contribution in [0.4, 0.5) is 0 Å². The molecule has 0 radical (unpaired) electrons. The quantitative estimate of drug-likeness (QED) is 0.0449. The van der Waals surface area contributed by atoms with Crippen LogP contribution in [0.15, 0.2) is 0 Å². The third kappa shape index (κ3) is 39.2. The second kappa shape index (κ2) is 43.6. The first-order chi connectivity index (χ1) is 26.9. The van der Waals surface area contributed by atoms with Crippen LogP contribution in [0, 0.1) is 0 Å². The SMILES string of the molecule is CCCCCCCCCCCN(CCCCCCCCCCC)CCCN(C)CCCN(CCCCCCCCCCC)CCCOP(=O)(OCC)OCC. The molecular weight excluding hydrogens is 702 g/mol. The topological polar surface area (TPSA) is 54.5 Å². The molecule has 0 N–H and O–H groups in total. The molecule has 0 unspecified atom stereocenters. The third-order valence-corrected chi connectivity index (χ3v) is 12.9. The lowest BCUT2D eigenvalue weighted by atomic mass is 10.1. The zero-order valence-corrected chi connectivity index (χ0v) is 39.3. The Balaban J connectivity index is 4.70. The van der Waals surface area contributed by atoms with Gasteiger partial charge < -0.3 is 14.7 Å². The van der Waals surface area contributed by atoms with E-state index >= 15 is 0 Å². The second-order valence-electron chi connectivity index (χ2n) is 16.6. The average molecular weight is 802 g/mol. The summed E-state index contributed by atoms with van der Waals surface area (Å²) in [6.45, 7) is 21.0. The molecule has 0 heterocycles. The van der Waals surface area contributed by atoms with Crippen LogP contribution in [-0.4, -0.2) is 93.9 Å². The number of phosphoric ester groups is 1. The molecule has 0 aromatic heterocycles. The van der Waals surface area contributed by atoms with Crippen molar-refractivity contribution in [3.05, 3.63) is 0 Å². The van der Waals surface area contributed by atoms with Gasteiger partial charge in [-0.1, -0.05) is 175 Å². The van der Waals surface area contributed by atoms with Gasteiger partial charge in [-0.25, -0.2) is 4.57 Å². The Morgan fingerprint density at radius 2 is 0.600 bits per heavy atom. The molecule has 0 aliphatic rings. The standard InChI is InChI=1S/C47H100N3O4P/c1-7-12-15-18-21-24-27-30-33-41-49(42-34-31-28-25-22-19-16-13-8-2)44-36-39-48(6)40-37-45-50(43-35-32-29-26-23-20-17-14-9-3)46-38-47-54-55(51,52-10-4)53-11-5/h7-47H2,1-6H3. The molecule has 0 bridgehead atoms. The van der Waals surface area contributed by atoms with E-state index in [-0.39, 0.29) is 0 Å². The van der Waals surface area contributed by atoms with Gasteiger partial charge in [-0.15, -0.1) is 0 Å². The molecule has 0 aliphatic carbocycles. The van der Waals surface area contributed by atoms with Gasteiger partial charge in [0.1, 0.15) is 0 Å². The summed E-state index contributed by atoms with van der Waals surface area (Å²) < 4.78 is 29.1. The van der Waals surface area contributed by atoms with Crippen molar-refractivity contribution in [3.8, 4) is 0 Å². The predicted octanol–water partition coefficient (Wildman–Crippen LogP) is 14.5. The number of unbranched alkanes of at least 4 members (excludes halogenated alkanes) is 24. The molecule has 0 saturated carbocycles. The van der Waals surface area contributed by atoms with Gasteiger partial charge in [0, 0.05) is 6.54 Å². The molecule has 8 heteroatoms. The first kappa shape index (κ1) is 55.0. The Kier molecular flexibility index (Phi) is 43.6. The highest BCUT2D eigenvalue weighted by molar-refractivity contribution is 7.48. The minimum atomic E-state index is -3.44. The maximum Gasteiger partial charge on any atom is 0.474 e. The molecule has 0 saturated heterocycles. The first-order valence-electron chi connectivity index (χ1n) is 24.6. The van der Waals surface area contributed by atoms with Gasteiger partial charge in [0.2, 0.25) is 0 Å². The zero-order valence-electron chi connectivity index (χ0n) is 38.4. The molecule has 0 atom stereocenters. The van der Waals surface area contributed by atoms with Crippen LogP contribution in [0.2, 0.25) is 0 Å². The van der Waals surface area contributed by atoms with Crippen molar-refractivity contribution >= 4 is 7.82 Å². The van der Waals surface area contributed by atoms with E-state index in [2.05, 4.69) is 42.5 Å². The molecule has 55 heavy (non-hydrogen) atoms. The van der Waals surface area contributed by atoms with Crippen molar-refractivity contribution in [2.75, 3.05) is 79.2 Å². The Labute approximate surface area is 346 Å². The van der Waals surface area contributed by atoms with Crippen LogP contribution >= 0.6 is 7.82 Å². The number of rotatable bonds is 47. The number of nitrogens with zero attached hydrogens (tertiary/aromatic N) is 3. The Hall–Kier alpha value is -0.0100. The van der Waals surface area contributed by atoms with E-state index in [1.54, 1.807) is 0 Å². The average Bonchev–Trinajstić information content (AvgIpc) is 3.17. The number of phosphoric acid groups is 1. The van der Waals surface area contributed by atoms with Gasteiger partial charge in [-0.2, -0.15) is 0 Å². The summed E-state index contributed by atoms with van der Waals surface area (Å²) in [6.07, 6.45) is 40.9. The summed E-state index contributed by atoms with van der Waals surface area (Å²) in [4.78, 5) is 7.99. The molecule has 7 nitrogen and oxygen atoms in total. The van der Waals surface area contributed by atoms with Gasteiger partial charge in [0.15, 0.2) is 0 Å². The first-order valence-corrected chi connectivity index (χ1v) is 26.1. The van der Waals surface area contributed by atoms with E-state index in [0.29, 0.717) is 19.8 Å². The van der Waals surface area contributed by atoms with Crippen LogP contribution in [-0.2, 0) is 18.1 Å². The van der Waals surface area contributed by atoms with E-state index in [4.69, 9.17) is 13.6 Å². The number of hydrogen-bond acceptors (Lipinski definition) is 7. The molecule has 0 fully saturated rings. The summed E-state index contributed by atoms with van der Waals surface area (Å²) in [5.41, 5.74) is 0. The van der Waals surface area contributed by atoms with Crippen LogP contribution in [0.5, 0.6) is 0 Å². The highest BCUT2D eigenvalue weighted by Gasteiger charge is 2.25. The Morgan fingerprint density at radius 1 is 0.327 bits per heavy atom. The smallest absolute Gasteiger partial charge is 0.306 e. The van der Waals surface area contributed by atoms with Gasteiger partial charge in [0.05, 0.1) is 19.8 Å². The van der Waals surface area contributed by atoms with Crippen LogP contribution in [0.1, 0.15) is 227 Å². The van der Waals surface area contributed by atoms with Crippen LogP contribution < -0.4 is 0 Å². The molecule has 332 valence electrons. The minimum Gasteiger partial charge on any atom is -0.306 e. The van der Waals surface area contributed by atoms with Crippen molar-refractivity contribution in [2.24, 2.45) is 0 Å². The minimum absolute atomic E-state index is 0.326. The van der Waals surface area contributed by atoms with Gasteiger partial charge in [0.25, 0.3) is 0 Å². The van der Waals surface area contributed by atoms with Crippen molar-refractivity contribution in [2.45, 2.75) is 227 Å². The fraction of sp³-hybridized carbons (Fsp3) is 1.00. The molecule has 0 aromatic rings. The zero-order chi connectivity index (χ0) is 40.3. The van der Waals surface area contributed by atoms with E-state index in [9.17, 15) is 4.57 Å². The molecule has 0 aliphatic heterocycles. The third-order valence-electron chi connectivity index (χ3n) is 11.2. The van der Waals surface area contributed by atoms with E-state index in [0.717, 1.165) is 32.6 Å². The monoisotopic (exact) mass is 802 g/mol. The normalized spacial score (nSPS) is 12.3. The van der Waals surface area contributed by atoms with Crippen LogP contribution in [0.25, 0.3) is 0 Å². The maximum absolute atomic E-state index is 12.8. The molecule has 0 aromatic carbocycles. The summed E-state index contributed by atoms with van der Waals surface area (Å²) >= 11 is 0. The van der Waals surface area contributed by atoms with E-state index in [1.807, 2.05) is 13.8 Å². The highest BCUT2D eigenvalue weighted by Crippen LogP contribution is 2.49. The van der Waals surface area contributed by atoms with Gasteiger partial charge in [-0.05, 0) is 105 Å². The lowest BCUT2D eigenvalue weighted by Gasteiger charge is -2.26. The van der Waals surface area contributed by atoms with Crippen molar-refractivity contribution < 1.29 is 18.1 Å². The van der Waals surface area contributed by atoms with Gasteiger partial charge >= 0.3 is 7.82 Å². The Morgan fingerprint density at radius 3 is 0.909 bits per heavy atom.